The van der Waals surface area contributed by atoms with Crippen LogP contribution in [0.15, 0.2) is 67.0 Å². The summed E-state index contributed by atoms with van der Waals surface area (Å²) in [6, 6.07) is 22.2. The predicted octanol–water partition coefficient (Wildman–Crippen LogP) is 5.08. The van der Waals surface area contributed by atoms with Crippen molar-refractivity contribution in [1.29, 1.82) is 0 Å². The number of nitrogens with zero attached hydrogens (tertiary/aromatic N) is 6. The number of hydrogen-bond donors (Lipinski definition) is 0. The minimum Gasteiger partial charge on any atom is -0.341 e. The lowest BCUT2D eigenvalue weighted by Crippen LogP contribution is -2.54. The van der Waals surface area contributed by atoms with Crippen molar-refractivity contribution < 1.29 is 0 Å². The molecule has 0 N–H and O–H groups in total. The fourth-order valence-corrected chi connectivity index (χ4v) is 5.42. The summed E-state index contributed by atoms with van der Waals surface area (Å²) in [6.07, 6.45) is 5.74. The van der Waals surface area contributed by atoms with Gasteiger partial charge in [0.15, 0.2) is 0 Å². The zero-order valence-electron chi connectivity index (χ0n) is 21.4. The summed E-state index contributed by atoms with van der Waals surface area (Å²) in [6.45, 7) is 4.29. The Hall–Kier alpha value is -2.99. The van der Waals surface area contributed by atoms with Gasteiger partial charge >= 0.3 is 0 Å². The Kier molecular flexibility index (Phi) is 6.89. The van der Waals surface area contributed by atoms with Crippen molar-refractivity contribution in [3.63, 3.8) is 0 Å². The molecule has 3 aromatic rings. The van der Waals surface area contributed by atoms with Gasteiger partial charge in [-0.05, 0) is 64.8 Å². The summed E-state index contributed by atoms with van der Waals surface area (Å²) in [5.74, 6) is 1.43. The molecule has 1 heterocycles. The maximum absolute atomic E-state index is 4.89. The van der Waals surface area contributed by atoms with Crippen LogP contribution < -0.4 is 9.80 Å². The first kappa shape index (κ1) is 24.1. The molecule has 0 unspecified atom stereocenters. The molecule has 1 aromatic heterocycles. The van der Waals surface area contributed by atoms with Crippen LogP contribution in [0.1, 0.15) is 50.7 Å². The van der Waals surface area contributed by atoms with Crippen LogP contribution in [0, 0.1) is 0 Å². The Morgan fingerprint density at radius 1 is 0.676 bits per heavy atom. The van der Waals surface area contributed by atoms with Crippen molar-refractivity contribution in [2.45, 2.75) is 56.7 Å². The zero-order chi connectivity index (χ0) is 24.3. The van der Waals surface area contributed by atoms with Gasteiger partial charge in [-0.15, -0.1) is 0 Å². The lowest BCUT2D eigenvalue weighted by atomic mass is 9.66. The van der Waals surface area contributed by atoms with E-state index in [4.69, 9.17) is 4.98 Å². The average molecular weight is 459 g/mol. The van der Waals surface area contributed by atoms with Crippen LogP contribution >= 0.6 is 0 Å². The standard InChI is InChI=1S/C28H38N6/c1-22(2)33(5)25-29-21-30-26(31-25)34(6)28(24-15-11-8-12-16-24)19-17-27(18-20-28,32(3)4)23-13-9-7-10-14-23/h7-16,21-22H,17-20H2,1-6H3. The SMILES string of the molecule is CC(C)N(C)c1ncnc(N(C)C2(c3ccccc3)CCC(c3ccccc3)(N(C)C)CC2)n1. The molecule has 0 atom stereocenters. The van der Waals surface area contributed by atoms with Gasteiger partial charge in [0, 0.05) is 25.7 Å². The van der Waals surface area contributed by atoms with Crippen LogP contribution in [0.3, 0.4) is 0 Å². The van der Waals surface area contributed by atoms with Crippen LogP contribution in [0.5, 0.6) is 0 Å². The van der Waals surface area contributed by atoms with E-state index in [0.717, 1.165) is 31.6 Å². The monoisotopic (exact) mass is 458 g/mol. The molecule has 4 rings (SSSR count). The van der Waals surface area contributed by atoms with Crippen LogP contribution in [0.4, 0.5) is 11.9 Å². The summed E-state index contributed by atoms with van der Waals surface area (Å²) in [5, 5.41) is 0. The summed E-state index contributed by atoms with van der Waals surface area (Å²) < 4.78 is 0. The minimum atomic E-state index is -0.190. The molecule has 1 aliphatic rings. The van der Waals surface area contributed by atoms with Gasteiger partial charge in [-0.3, -0.25) is 4.90 Å². The van der Waals surface area contributed by atoms with E-state index < -0.39 is 0 Å². The van der Waals surface area contributed by atoms with Crippen LogP contribution in [0.2, 0.25) is 0 Å². The van der Waals surface area contributed by atoms with Crippen molar-refractivity contribution in [1.82, 2.24) is 19.9 Å². The molecule has 0 bridgehead atoms. The fourth-order valence-electron chi connectivity index (χ4n) is 5.42. The van der Waals surface area contributed by atoms with Gasteiger partial charge in [0.25, 0.3) is 0 Å². The molecule has 1 saturated carbocycles. The predicted molar refractivity (Wildman–Crippen MR) is 140 cm³/mol. The van der Waals surface area contributed by atoms with E-state index >= 15 is 0 Å². The van der Waals surface area contributed by atoms with Gasteiger partial charge < -0.3 is 9.80 Å². The Morgan fingerprint density at radius 3 is 1.65 bits per heavy atom. The fraction of sp³-hybridized carbons (Fsp3) is 0.464. The Balaban J connectivity index is 1.73. The molecule has 0 amide bonds. The highest BCUT2D eigenvalue weighted by atomic mass is 15.3. The van der Waals surface area contributed by atoms with Crippen LogP contribution in [-0.4, -0.2) is 54.1 Å². The number of hydrogen-bond acceptors (Lipinski definition) is 6. The smallest absolute Gasteiger partial charge is 0.230 e. The first-order valence-electron chi connectivity index (χ1n) is 12.2. The zero-order valence-corrected chi connectivity index (χ0v) is 21.4. The van der Waals surface area contributed by atoms with Crippen molar-refractivity contribution in [2.24, 2.45) is 0 Å². The van der Waals surface area contributed by atoms with Crippen LogP contribution in [0.25, 0.3) is 0 Å². The van der Waals surface area contributed by atoms with E-state index in [9.17, 15) is 0 Å². The largest absolute Gasteiger partial charge is 0.341 e. The number of rotatable bonds is 7. The molecule has 1 aliphatic carbocycles. The first-order chi connectivity index (χ1) is 16.3. The lowest BCUT2D eigenvalue weighted by molar-refractivity contribution is 0.0642. The van der Waals surface area contributed by atoms with Crippen molar-refractivity contribution >= 4 is 11.9 Å². The highest BCUT2D eigenvalue weighted by molar-refractivity contribution is 5.44. The Labute approximate surface area is 204 Å². The van der Waals surface area contributed by atoms with Gasteiger partial charge in [0.05, 0.1) is 5.54 Å². The molecule has 0 aliphatic heterocycles. The second-order valence-corrected chi connectivity index (χ2v) is 10.0. The highest BCUT2D eigenvalue weighted by Gasteiger charge is 2.48. The van der Waals surface area contributed by atoms with Gasteiger partial charge in [0.2, 0.25) is 11.9 Å². The van der Waals surface area contributed by atoms with Gasteiger partial charge in [-0.1, -0.05) is 60.7 Å². The average Bonchev–Trinajstić information content (AvgIpc) is 2.88. The van der Waals surface area contributed by atoms with Gasteiger partial charge in [-0.2, -0.15) is 4.98 Å². The molecule has 0 saturated heterocycles. The molecule has 0 spiro atoms. The quantitative estimate of drug-likeness (QED) is 0.492. The normalized spacial score (nSPS) is 22.7. The topological polar surface area (TPSA) is 48.4 Å². The molecule has 2 aromatic carbocycles. The third-order valence-corrected chi connectivity index (χ3v) is 7.96. The Bertz CT molecular complexity index is 1060. The molecule has 6 nitrogen and oxygen atoms in total. The third kappa shape index (κ3) is 4.27. The minimum absolute atomic E-state index is 0.0164. The van der Waals surface area contributed by atoms with Gasteiger partial charge in [-0.25, -0.2) is 9.97 Å². The van der Waals surface area contributed by atoms with Gasteiger partial charge in [0.1, 0.15) is 6.33 Å². The summed E-state index contributed by atoms with van der Waals surface area (Å²) >= 11 is 0. The first-order valence-corrected chi connectivity index (χ1v) is 12.2. The molecule has 0 radical (unpaired) electrons. The second-order valence-electron chi connectivity index (χ2n) is 10.0. The summed E-state index contributed by atoms with van der Waals surface area (Å²) in [4.78, 5) is 20.7. The summed E-state index contributed by atoms with van der Waals surface area (Å²) in [7, 11) is 8.60. The van der Waals surface area contributed by atoms with E-state index in [-0.39, 0.29) is 11.1 Å². The second kappa shape index (κ2) is 9.71. The highest BCUT2D eigenvalue weighted by Crippen LogP contribution is 2.51. The maximum Gasteiger partial charge on any atom is 0.230 e. The number of benzene rings is 2. The molecular weight excluding hydrogens is 420 g/mol. The van der Waals surface area contributed by atoms with E-state index in [1.54, 1.807) is 6.33 Å². The molecule has 1 fully saturated rings. The Morgan fingerprint density at radius 2 is 1.15 bits per heavy atom. The van der Waals surface area contributed by atoms with Crippen molar-refractivity contribution in [2.75, 3.05) is 38.0 Å². The van der Waals surface area contributed by atoms with E-state index in [1.807, 2.05) is 7.05 Å². The molecule has 34 heavy (non-hydrogen) atoms. The maximum atomic E-state index is 4.89. The van der Waals surface area contributed by atoms with E-state index in [1.165, 1.54) is 11.1 Å². The lowest BCUT2D eigenvalue weighted by Gasteiger charge is -2.53. The molecule has 180 valence electrons. The number of anilines is 2. The summed E-state index contributed by atoms with van der Waals surface area (Å²) in [5.41, 5.74) is 2.54. The molecule has 6 heteroatoms. The van der Waals surface area contributed by atoms with Crippen molar-refractivity contribution in [3.05, 3.63) is 78.1 Å². The molecular formula is C28H38N6. The van der Waals surface area contributed by atoms with E-state index in [0.29, 0.717) is 12.0 Å². The van der Waals surface area contributed by atoms with Crippen LogP contribution in [-0.2, 0) is 11.1 Å². The van der Waals surface area contributed by atoms with Crippen molar-refractivity contribution in [3.8, 4) is 0 Å². The van der Waals surface area contributed by atoms with E-state index in [2.05, 4.69) is 120 Å². The number of aromatic nitrogens is 3. The third-order valence-electron chi connectivity index (χ3n) is 7.96.